The zero-order valence-corrected chi connectivity index (χ0v) is 18.1. The summed E-state index contributed by atoms with van der Waals surface area (Å²) in [7, 11) is 0. The van der Waals surface area contributed by atoms with Crippen LogP contribution in [0.1, 0.15) is 36.4 Å². The van der Waals surface area contributed by atoms with Crippen molar-refractivity contribution in [2.24, 2.45) is 11.8 Å². The fraction of sp³-hybridized carbons (Fsp3) is 0.455. The summed E-state index contributed by atoms with van der Waals surface area (Å²) in [4.78, 5) is 28.1. The summed E-state index contributed by atoms with van der Waals surface area (Å²) >= 11 is 1.46. The normalized spacial score (nSPS) is 16.2. The number of amides is 2. The van der Waals surface area contributed by atoms with Crippen molar-refractivity contribution in [3.8, 4) is 0 Å². The average molecular weight is 426 g/mol. The van der Waals surface area contributed by atoms with Crippen molar-refractivity contribution in [3.63, 3.8) is 0 Å². The van der Waals surface area contributed by atoms with Crippen LogP contribution in [0.3, 0.4) is 0 Å². The molecule has 7 nitrogen and oxygen atoms in total. The summed E-state index contributed by atoms with van der Waals surface area (Å²) in [6, 6.07) is 11.6. The van der Waals surface area contributed by atoms with E-state index in [1.807, 2.05) is 51.4 Å². The van der Waals surface area contributed by atoms with E-state index < -0.39 is 0 Å². The number of carbonyl (C=O) groups excluding carboxylic acids is 2. The lowest BCUT2D eigenvalue weighted by atomic mass is 9.94. The molecule has 0 saturated carbocycles. The van der Waals surface area contributed by atoms with Gasteiger partial charge in [0.25, 0.3) is 5.91 Å². The number of thiophene rings is 1. The van der Waals surface area contributed by atoms with E-state index in [1.54, 1.807) is 0 Å². The summed E-state index contributed by atoms with van der Waals surface area (Å²) in [6.45, 7) is 6.03. The van der Waals surface area contributed by atoms with Crippen molar-refractivity contribution < 1.29 is 9.59 Å². The Morgan fingerprint density at radius 2 is 1.93 bits per heavy atom. The molecule has 2 amide bonds. The van der Waals surface area contributed by atoms with Crippen molar-refractivity contribution in [3.05, 3.63) is 46.7 Å². The molecule has 1 aliphatic heterocycles. The fourth-order valence-corrected chi connectivity index (χ4v) is 4.55. The first-order valence-electron chi connectivity index (χ1n) is 10.4. The summed E-state index contributed by atoms with van der Waals surface area (Å²) < 4.78 is 1.86. The zero-order chi connectivity index (χ0) is 21.1. The highest BCUT2D eigenvalue weighted by Gasteiger charge is 2.30. The molecule has 1 N–H and O–H groups in total. The molecular formula is C22H27N5O2S. The van der Waals surface area contributed by atoms with Crippen molar-refractivity contribution in [1.82, 2.24) is 25.2 Å². The largest absolute Gasteiger partial charge is 0.351 e. The number of hydrogen-bond donors (Lipinski definition) is 1. The number of benzene rings is 1. The second-order valence-corrected chi connectivity index (χ2v) is 9.11. The third-order valence-electron chi connectivity index (χ3n) is 5.81. The molecule has 158 valence electrons. The molecule has 1 aliphatic rings. The van der Waals surface area contributed by atoms with Crippen molar-refractivity contribution in [2.45, 2.75) is 39.3 Å². The van der Waals surface area contributed by atoms with E-state index in [-0.39, 0.29) is 29.7 Å². The number of aromatic nitrogens is 3. The number of para-hydroxylation sites is 1. The van der Waals surface area contributed by atoms with Gasteiger partial charge < -0.3 is 10.2 Å². The van der Waals surface area contributed by atoms with Crippen LogP contribution in [-0.2, 0) is 11.3 Å². The molecule has 1 aromatic carbocycles. The fourth-order valence-electron chi connectivity index (χ4n) is 3.86. The van der Waals surface area contributed by atoms with Gasteiger partial charge in [0.1, 0.15) is 5.52 Å². The first-order chi connectivity index (χ1) is 14.5. The minimum atomic E-state index is -0.0638. The van der Waals surface area contributed by atoms with Gasteiger partial charge in [0.15, 0.2) is 0 Å². The van der Waals surface area contributed by atoms with Gasteiger partial charge in [-0.15, -0.1) is 16.4 Å². The molecule has 1 saturated heterocycles. The maximum Gasteiger partial charge on any atom is 0.263 e. The maximum atomic E-state index is 13.0. The van der Waals surface area contributed by atoms with Gasteiger partial charge in [0.05, 0.1) is 23.0 Å². The number of likely N-dealkylation sites (tertiary alicyclic amines) is 1. The van der Waals surface area contributed by atoms with E-state index in [1.165, 1.54) is 11.3 Å². The lowest BCUT2D eigenvalue weighted by molar-refractivity contribution is -0.127. The van der Waals surface area contributed by atoms with Gasteiger partial charge in [-0.2, -0.15) is 0 Å². The Labute approximate surface area is 180 Å². The molecule has 3 heterocycles. The first kappa shape index (κ1) is 20.5. The highest BCUT2D eigenvalue weighted by Crippen LogP contribution is 2.22. The Kier molecular flexibility index (Phi) is 6.13. The van der Waals surface area contributed by atoms with Gasteiger partial charge in [-0.1, -0.05) is 37.3 Å². The summed E-state index contributed by atoms with van der Waals surface area (Å²) in [6.07, 6.45) is 1.39. The van der Waals surface area contributed by atoms with Crippen molar-refractivity contribution in [1.29, 1.82) is 0 Å². The van der Waals surface area contributed by atoms with Gasteiger partial charge in [-0.3, -0.25) is 9.59 Å². The van der Waals surface area contributed by atoms with Crippen LogP contribution in [0.4, 0.5) is 0 Å². The quantitative estimate of drug-likeness (QED) is 0.658. The van der Waals surface area contributed by atoms with Crippen LogP contribution in [0.2, 0.25) is 0 Å². The topological polar surface area (TPSA) is 80.1 Å². The van der Waals surface area contributed by atoms with Crippen LogP contribution in [-0.4, -0.2) is 50.8 Å². The molecule has 0 radical (unpaired) electrons. The van der Waals surface area contributed by atoms with E-state index in [2.05, 4.69) is 29.5 Å². The van der Waals surface area contributed by atoms with Crippen molar-refractivity contribution in [2.75, 3.05) is 13.1 Å². The molecular weight excluding hydrogens is 398 g/mol. The number of nitrogens with zero attached hydrogens (tertiary/aromatic N) is 4. The van der Waals surface area contributed by atoms with Crippen molar-refractivity contribution >= 4 is 34.2 Å². The molecule has 8 heteroatoms. The molecule has 1 atom stereocenters. The predicted octanol–water partition coefficient (Wildman–Crippen LogP) is 3.19. The Hall–Kier alpha value is -2.74. The SMILES string of the molecule is CC(C)[C@@H](Cn1nnc2ccccc21)NC(=O)C1CCN(C(=O)c2cccs2)CC1. The molecule has 0 bridgehead atoms. The first-order valence-corrected chi connectivity index (χ1v) is 11.3. The van der Waals surface area contributed by atoms with E-state index >= 15 is 0 Å². The van der Waals surface area contributed by atoms with Gasteiger partial charge >= 0.3 is 0 Å². The monoisotopic (exact) mass is 425 g/mol. The molecule has 3 aromatic rings. The van der Waals surface area contributed by atoms with Crippen LogP contribution in [0.25, 0.3) is 11.0 Å². The number of hydrogen-bond acceptors (Lipinski definition) is 5. The molecule has 1 fully saturated rings. The predicted molar refractivity (Wildman–Crippen MR) is 117 cm³/mol. The lowest BCUT2D eigenvalue weighted by Gasteiger charge is -2.32. The highest BCUT2D eigenvalue weighted by molar-refractivity contribution is 7.12. The van der Waals surface area contributed by atoms with Gasteiger partial charge in [0, 0.05) is 19.0 Å². The average Bonchev–Trinajstić information content (AvgIpc) is 3.43. The van der Waals surface area contributed by atoms with Crippen LogP contribution in [0, 0.1) is 11.8 Å². The zero-order valence-electron chi connectivity index (χ0n) is 17.3. The lowest BCUT2D eigenvalue weighted by Crippen LogP contribution is -2.47. The summed E-state index contributed by atoms with van der Waals surface area (Å²) in [5.74, 6) is 0.340. The third kappa shape index (κ3) is 4.38. The molecule has 0 aliphatic carbocycles. The molecule has 2 aromatic heterocycles. The third-order valence-corrected chi connectivity index (χ3v) is 6.67. The Morgan fingerprint density at radius 3 is 2.63 bits per heavy atom. The number of rotatable bonds is 6. The minimum absolute atomic E-state index is 0.0339. The van der Waals surface area contributed by atoms with Crippen LogP contribution >= 0.6 is 11.3 Å². The molecule has 30 heavy (non-hydrogen) atoms. The molecule has 0 spiro atoms. The smallest absolute Gasteiger partial charge is 0.263 e. The summed E-state index contributed by atoms with van der Waals surface area (Å²) in [5.41, 5.74) is 1.83. The second-order valence-electron chi connectivity index (χ2n) is 8.16. The van der Waals surface area contributed by atoms with Gasteiger partial charge in [0.2, 0.25) is 5.91 Å². The Balaban J connectivity index is 1.35. The van der Waals surface area contributed by atoms with Crippen LogP contribution < -0.4 is 5.32 Å². The van der Waals surface area contributed by atoms with Gasteiger partial charge in [-0.05, 0) is 42.3 Å². The maximum absolute atomic E-state index is 13.0. The highest BCUT2D eigenvalue weighted by atomic mass is 32.1. The second kappa shape index (κ2) is 8.95. The van der Waals surface area contributed by atoms with Gasteiger partial charge in [-0.25, -0.2) is 4.68 Å². The van der Waals surface area contributed by atoms with Crippen LogP contribution in [0.15, 0.2) is 41.8 Å². The molecule has 4 rings (SSSR count). The van der Waals surface area contributed by atoms with Crippen LogP contribution in [0.5, 0.6) is 0 Å². The number of fused-ring (bicyclic) bond motifs is 1. The van der Waals surface area contributed by atoms with E-state index in [0.29, 0.717) is 32.5 Å². The Morgan fingerprint density at radius 1 is 1.17 bits per heavy atom. The number of piperidine rings is 1. The van der Waals surface area contributed by atoms with E-state index in [9.17, 15) is 9.59 Å². The molecule has 0 unspecified atom stereocenters. The van der Waals surface area contributed by atoms with E-state index in [4.69, 9.17) is 0 Å². The van der Waals surface area contributed by atoms with E-state index in [0.717, 1.165) is 15.9 Å². The standard InChI is InChI=1S/C22H27N5O2S/c1-15(2)18(14-27-19-7-4-3-6-17(19)24-25-27)23-21(28)16-9-11-26(12-10-16)22(29)20-8-5-13-30-20/h3-8,13,15-16,18H,9-12,14H2,1-2H3,(H,23,28)/t18-/m1/s1. The number of nitrogens with one attached hydrogen (secondary N) is 1. The number of carbonyl (C=O) groups is 2. The summed E-state index contributed by atoms with van der Waals surface area (Å²) in [5, 5.41) is 13.6. The minimum Gasteiger partial charge on any atom is -0.351 e. The Bertz CT molecular complexity index is 1010.